The van der Waals surface area contributed by atoms with Crippen LogP contribution in [0.15, 0.2) is 30.5 Å². The van der Waals surface area contributed by atoms with E-state index in [2.05, 4.69) is 10.1 Å². The number of nitriles is 1. The first kappa shape index (κ1) is 20.0. The molecule has 0 aliphatic carbocycles. The summed E-state index contributed by atoms with van der Waals surface area (Å²) in [6.45, 7) is 4.05. The molecule has 3 rings (SSSR count). The topological polar surface area (TPSA) is 118 Å². The van der Waals surface area contributed by atoms with Crippen LogP contribution in [-0.4, -0.2) is 25.8 Å². The zero-order valence-corrected chi connectivity index (χ0v) is 16.8. The Labute approximate surface area is 171 Å². The molecule has 1 amide bonds. The van der Waals surface area contributed by atoms with Gasteiger partial charge < -0.3 is 10.8 Å². The van der Waals surface area contributed by atoms with E-state index in [9.17, 15) is 9.90 Å². The predicted octanol–water partition coefficient (Wildman–Crippen LogP) is 3.49. The molecule has 2 heterocycles. The van der Waals surface area contributed by atoms with Gasteiger partial charge in [-0.3, -0.25) is 9.48 Å². The molecule has 0 spiro atoms. The highest BCUT2D eigenvalue weighted by Gasteiger charge is 2.23. The van der Waals surface area contributed by atoms with E-state index >= 15 is 0 Å². The van der Waals surface area contributed by atoms with Crippen LogP contribution in [0.1, 0.15) is 51.8 Å². The number of benzene rings is 1. The van der Waals surface area contributed by atoms with Crippen LogP contribution in [0.25, 0.3) is 11.3 Å². The van der Waals surface area contributed by atoms with Gasteiger partial charge in [0.05, 0.1) is 16.3 Å². The summed E-state index contributed by atoms with van der Waals surface area (Å²) in [5.41, 5.74) is 7.58. The van der Waals surface area contributed by atoms with E-state index in [0.717, 1.165) is 16.1 Å². The molecule has 0 aliphatic heterocycles. The van der Waals surface area contributed by atoms with Gasteiger partial charge in [0.2, 0.25) is 0 Å². The Kier molecular flexibility index (Phi) is 5.79. The number of amides is 1. The van der Waals surface area contributed by atoms with Crippen molar-refractivity contribution in [3.8, 4) is 17.3 Å². The number of hydrogen-bond acceptors (Lipinski definition) is 6. The van der Waals surface area contributed by atoms with Gasteiger partial charge in [-0.25, -0.2) is 4.98 Å². The van der Waals surface area contributed by atoms with Crippen LogP contribution in [0, 0.1) is 11.3 Å². The zero-order valence-electron chi connectivity index (χ0n) is 15.3. The highest BCUT2D eigenvalue weighted by molar-refractivity contribution is 7.12. The summed E-state index contributed by atoms with van der Waals surface area (Å²) in [6.07, 6.45) is 1.07. The molecular formula is C19H18ClN5O2S. The van der Waals surface area contributed by atoms with Crippen molar-refractivity contribution in [2.24, 2.45) is 5.73 Å². The standard InChI is InChI=1S/C19H18ClN5O2S/c1-10(17-16(18(22)27)23-19(28-17)11(2)26)9-25-6-5-15(24-25)12-3-4-13(8-21)14(20)7-12/h3-7,10-11,26H,9H2,1-2H3,(H2,22,27)/t10-,11?/m1/s1. The van der Waals surface area contributed by atoms with Crippen molar-refractivity contribution in [1.82, 2.24) is 14.8 Å². The van der Waals surface area contributed by atoms with E-state index in [1.807, 2.05) is 25.3 Å². The Morgan fingerprint density at radius 3 is 2.79 bits per heavy atom. The second-order valence-electron chi connectivity index (χ2n) is 6.44. The summed E-state index contributed by atoms with van der Waals surface area (Å²) in [7, 11) is 0. The lowest BCUT2D eigenvalue weighted by Gasteiger charge is -2.10. The predicted molar refractivity (Wildman–Crippen MR) is 107 cm³/mol. The van der Waals surface area contributed by atoms with Crippen LogP contribution in [-0.2, 0) is 6.54 Å². The number of hydrogen-bond donors (Lipinski definition) is 2. The number of aromatic nitrogens is 3. The number of carbonyl (C=O) groups is 1. The molecule has 1 unspecified atom stereocenters. The van der Waals surface area contributed by atoms with Gasteiger partial charge >= 0.3 is 0 Å². The third-order valence-electron chi connectivity index (χ3n) is 4.20. The maximum atomic E-state index is 11.7. The van der Waals surface area contributed by atoms with E-state index < -0.39 is 12.0 Å². The fourth-order valence-corrected chi connectivity index (χ4v) is 4.06. The van der Waals surface area contributed by atoms with Crippen molar-refractivity contribution in [2.45, 2.75) is 32.4 Å². The minimum Gasteiger partial charge on any atom is -0.386 e. The Morgan fingerprint density at radius 1 is 1.43 bits per heavy atom. The van der Waals surface area contributed by atoms with Gasteiger partial charge in [0.1, 0.15) is 22.9 Å². The van der Waals surface area contributed by atoms with Crippen molar-refractivity contribution < 1.29 is 9.90 Å². The van der Waals surface area contributed by atoms with Crippen LogP contribution in [0.2, 0.25) is 5.02 Å². The lowest BCUT2D eigenvalue weighted by atomic mass is 10.1. The Bertz CT molecular complexity index is 1070. The van der Waals surface area contributed by atoms with E-state index in [1.165, 1.54) is 11.3 Å². The number of halogens is 1. The molecular weight excluding hydrogens is 398 g/mol. The first-order valence-corrected chi connectivity index (χ1v) is 9.71. The summed E-state index contributed by atoms with van der Waals surface area (Å²) >= 11 is 7.38. The molecule has 0 aliphatic rings. The van der Waals surface area contributed by atoms with Crippen molar-refractivity contribution in [3.05, 3.63) is 56.6 Å². The fraction of sp³-hybridized carbons (Fsp3) is 0.263. The van der Waals surface area contributed by atoms with Crippen LogP contribution in [0.3, 0.4) is 0 Å². The number of rotatable bonds is 6. The van der Waals surface area contributed by atoms with Crippen LogP contribution < -0.4 is 5.73 Å². The molecule has 0 bridgehead atoms. The molecule has 0 saturated heterocycles. The van der Waals surface area contributed by atoms with Crippen molar-refractivity contribution >= 4 is 28.8 Å². The van der Waals surface area contributed by atoms with Gasteiger partial charge in [-0.05, 0) is 25.1 Å². The lowest BCUT2D eigenvalue weighted by Crippen LogP contribution is -2.16. The van der Waals surface area contributed by atoms with Crippen molar-refractivity contribution in [2.75, 3.05) is 0 Å². The number of carbonyl (C=O) groups excluding carboxylic acids is 1. The quantitative estimate of drug-likeness (QED) is 0.638. The Hall–Kier alpha value is -2.73. The molecule has 0 fully saturated rings. The minimum atomic E-state index is -0.763. The highest BCUT2D eigenvalue weighted by atomic mass is 35.5. The summed E-state index contributed by atoms with van der Waals surface area (Å²) in [5.74, 6) is -0.691. The second-order valence-corrected chi connectivity index (χ2v) is 7.91. The number of nitrogens with zero attached hydrogens (tertiary/aromatic N) is 4. The van der Waals surface area contributed by atoms with Crippen molar-refractivity contribution in [3.63, 3.8) is 0 Å². The van der Waals surface area contributed by atoms with Crippen LogP contribution in [0.5, 0.6) is 0 Å². The van der Waals surface area contributed by atoms with E-state index in [1.54, 1.807) is 29.8 Å². The number of primary amides is 1. The first-order chi connectivity index (χ1) is 13.3. The number of thiazole rings is 1. The zero-order chi connectivity index (χ0) is 20.4. The second kappa shape index (κ2) is 8.10. The van der Waals surface area contributed by atoms with Crippen LogP contribution in [0.4, 0.5) is 0 Å². The third-order valence-corrected chi connectivity index (χ3v) is 5.97. The molecule has 144 valence electrons. The van der Waals surface area contributed by atoms with E-state index in [0.29, 0.717) is 22.1 Å². The highest BCUT2D eigenvalue weighted by Crippen LogP contribution is 2.31. The monoisotopic (exact) mass is 415 g/mol. The van der Waals surface area contributed by atoms with Crippen LogP contribution >= 0.6 is 22.9 Å². The molecule has 9 heteroatoms. The summed E-state index contributed by atoms with van der Waals surface area (Å²) in [6, 6.07) is 9.05. The number of aliphatic hydroxyl groups is 1. The molecule has 7 nitrogen and oxygen atoms in total. The van der Waals surface area contributed by atoms with Gasteiger partial charge in [-0.15, -0.1) is 11.3 Å². The molecule has 3 aromatic rings. The van der Waals surface area contributed by atoms with E-state index in [-0.39, 0.29) is 11.6 Å². The third kappa shape index (κ3) is 4.07. The summed E-state index contributed by atoms with van der Waals surface area (Å²) < 4.78 is 1.76. The normalized spacial score (nSPS) is 13.1. The fourth-order valence-electron chi connectivity index (χ4n) is 2.78. The van der Waals surface area contributed by atoms with Gasteiger partial charge in [0, 0.05) is 29.1 Å². The molecule has 2 aromatic heterocycles. The van der Waals surface area contributed by atoms with Gasteiger partial charge in [-0.2, -0.15) is 10.4 Å². The molecule has 1 aromatic carbocycles. The molecule has 2 atom stereocenters. The maximum absolute atomic E-state index is 11.7. The average molecular weight is 416 g/mol. The number of aliphatic hydroxyl groups excluding tert-OH is 1. The first-order valence-electron chi connectivity index (χ1n) is 8.52. The minimum absolute atomic E-state index is 0.0789. The smallest absolute Gasteiger partial charge is 0.268 e. The lowest BCUT2D eigenvalue weighted by molar-refractivity contribution is 0.0994. The van der Waals surface area contributed by atoms with Crippen molar-refractivity contribution in [1.29, 1.82) is 5.26 Å². The van der Waals surface area contributed by atoms with E-state index in [4.69, 9.17) is 22.6 Å². The Morgan fingerprint density at radius 2 is 2.18 bits per heavy atom. The summed E-state index contributed by atoms with van der Waals surface area (Å²) in [5, 5.41) is 24.1. The van der Waals surface area contributed by atoms with Gasteiger partial charge in [-0.1, -0.05) is 24.6 Å². The molecule has 0 radical (unpaired) electrons. The van der Waals surface area contributed by atoms with Gasteiger partial charge in [0.25, 0.3) is 5.91 Å². The molecule has 28 heavy (non-hydrogen) atoms. The average Bonchev–Trinajstić information content (AvgIpc) is 3.29. The van der Waals surface area contributed by atoms with Gasteiger partial charge in [0.15, 0.2) is 0 Å². The number of nitrogens with two attached hydrogens (primary N) is 1. The maximum Gasteiger partial charge on any atom is 0.268 e. The largest absolute Gasteiger partial charge is 0.386 e. The SMILES string of the molecule is CC(O)c1nc(C(N)=O)c([C@H](C)Cn2ccc(-c3ccc(C#N)c(Cl)c3)n2)s1. The summed E-state index contributed by atoms with van der Waals surface area (Å²) in [4.78, 5) is 16.6. The molecule has 0 saturated carbocycles. The Balaban J connectivity index is 1.83. The molecule has 3 N–H and O–H groups in total.